The topological polar surface area (TPSA) is 52.7 Å². The Labute approximate surface area is 99.4 Å². The lowest BCUT2D eigenvalue weighted by molar-refractivity contribution is 0.103. The average Bonchev–Trinajstić information content (AvgIpc) is 2.85. The molecule has 5 nitrogen and oxygen atoms in total. The quantitative estimate of drug-likeness (QED) is 0.591. The molecule has 0 saturated carbocycles. The van der Waals surface area contributed by atoms with Crippen molar-refractivity contribution in [2.24, 2.45) is 14.1 Å². The summed E-state index contributed by atoms with van der Waals surface area (Å²) < 4.78 is 3.33. The Morgan fingerprint density at radius 3 is 2.59 bits per heavy atom. The van der Waals surface area contributed by atoms with Crippen LogP contribution >= 0.6 is 0 Å². The minimum absolute atomic E-state index is 0.0618. The molecule has 88 valence electrons. The summed E-state index contributed by atoms with van der Waals surface area (Å²) in [6, 6.07) is 1.70. The van der Waals surface area contributed by atoms with Crippen molar-refractivity contribution in [1.29, 1.82) is 0 Å². The average molecular weight is 230 g/mol. The minimum atomic E-state index is -0.0618. The van der Waals surface area contributed by atoms with E-state index in [4.69, 9.17) is 0 Å². The van der Waals surface area contributed by atoms with Crippen LogP contribution in [0, 0.1) is 6.92 Å². The minimum Gasteiger partial charge on any atom is -0.288 e. The van der Waals surface area contributed by atoms with Gasteiger partial charge in [-0.05, 0) is 25.1 Å². The summed E-state index contributed by atoms with van der Waals surface area (Å²) in [6.07, 6.45) is 6.66. The number of hydrogen-bond donors (Lipinski definition) is 0. The zero-order chi connectivity index (χ0) is 12.4. The van der Waals surface area contributed by atoms with Crippen LogP contribution in [0.3, 0.4) is 0 Å². The Bertz CT molecular complexity index is 577. The van der Waals surface area contributed by atoms with E-state index in [-0.39, 0.29) is 5.78 Å². The van der Waals surface area contributed by atoms with Crippen molar-refractivity contribution in [3.05, 3.63) is 41.5 Å². The summed E-state index contributed by atoms with van der Waals surface area (Å²) in [7, 11) is 3.62. The summed E-state index contributed by atoms with van der Waals surface area (Å²) in [6.45, 7) is 1.96. The van der Waals surface area contributed by atoms with E-state index in [1.54, 1.807) is 47.0 Å². The van der Waals surface area contributed by atoms with Gasteiger partial charge < -0.3 is 0 Å². The molecule has 0 amide bonds. The molecule has 17 heavy (non-hydrogen) atoms. The molecule has 0 N–H and O–H groups in total. The smallest absolute Gasteiger partial charge is 0.203 e. The van der Waals surface area contributed by atoms with Crippen molar-refractivity contribution in [2.75, 3.05) is 0 Å². The van der Waals surface area contributed by atoms with Crippen LogP contribution in [0.15, 0.2) is 24.5 Å². The van der Waals surface area contributed by atoms with Crippen LogP contribution in [0.5, 0.6) is 0 Å². The van der Waals surface area contributed by atoms with Gasteiger partial charge in [0.2, 0.25) is 5.78 Å². The van der Waals surface area contributed by atoms with Crippen molar-refractivity contribution in [1.82, 2.24) is 19.6 Å². The van der Waals surface area contributed by atoms with E-state index in [2.05, 4.69) is 10.2 Å². The zero-order valence-electron chi connectivity index (χ0n) is 10.1. The first kappa shape index (κ1) is 11.3. The maximum atomic E-state index is 11.8. The maximum absolute atomic E-state index is 11.8. The van der Waals surface area contributed by atoms with Crippen LogP contribution in [0.2, 0.25) is 0 Å². The zero-order valence-corrected chi connectivity index (χ0v) is 10.1. The van der Waals surface area contributed by atoms with Gasteiger partial charge in [0.1, 0.15) is 5.69 Å². The Kier molecular flexibility index (Phi) is 2.91. The number of aryl methyl sites for hydroxylation is 2. The molecule has 0 aliphatic carbocycles. The standard InChI is InChI=1S/C12H14N4O/c1-9-10(8-14-15(9)2)4-5-12(17)11-6-7-13-16(11)3/h4-8H,1-3H3/b5-4+. The summed E-state index contributed by atoms with van der Waals surface area (Å²) in [5.74, 6) is -0.0618. The van der Waals surface area contributed by atoms with Crippen LogP contribution in [0.4, 0.5) is 0 Å². The van der Waals surface area contributed by atoms with Crippen LogP contribution in [0.25, 0.3) is 6.08 Å². The highest BCUT2D eigenvalue weighted by Crippen LogP contribution is 2.09. The fourth-order valence-electron chi connectivity index (χ4n) is 1.55. The molecular weight excluding hydrogens is 216 g/mol. The maximum Gasteiger partial charge on any atom is 0.203 e. The summed E-state index contributed by atoms with van der Waals surface area (Å²) in [5, 5.41) is 8.07. The van der Waals surface area contributed by atoms with Gasteiger partial charge in [-0.2, -0.15) is 10.2 Å². The third-order valence-corrected chi connectivity index (χ3v) is 2.76. The van der Waals surface area contributed by atoms with Gasteiger partial charge in [0.25, 0.3) is 0 Å². The lowest BCUT2D eigenvalue weighted by Gasteiger charge is -1.96. The first-order valence-corrected chi connectivity index (χ1v) is 5.28. The van der Waals surface area contributed by atoms with E-state index in [0.717, 1.165) is 11.3 Å². The fourth-order valence-corrected chi connectivity index (χ4v) is 1.55. The number of aromatic nitrogens is 4. The lowest BCUT2D eigenvalue weighted by atomic mass is 10.2. The molecule has 2 heterocycles. The number of carbonyl (C=O) groups is 1. The van der Waals surface area contributed by atoms with E-state index >= 15 is 0 Å². The molecule has 2 rings (SSSR count). The third-order valence-electron chi connectivity index (χ3n) is 2.76. The van der Waals surface area contributed by atoms with Gasteiger partial charge in [0.15, 0.2) is 0 Å². The predicted octanol–water partition coefficient (Wildman–Crippen LogP) is 1.36. The summed E-state index contributed by atoms with van der Waals surface area (Å²) in [5.41, 5.74) is 2.55. The Morgan fingerprint density at radius 1 is 1.29 bits per heavy atom. The third kappa shape index (κ3) is 2.18. The monoisotopic (exact) mass is 230 g/mol. The second-order valence-electron chi connectivity index (χ2n) is 3.85. The highest BCUT2D eigenvalue weighted by atomic mass is 16.1. The number of hydrogen-bond acceptors (Lipinski definition) is 3. The van der Waals surface area contributed by atoms with Gasteiger partial charge in [0, 0.05) is 31.5 Å². The van der Waals surface area contributed by atoms with Crippen LogP contribution in [-0.2, 0) is 14.1 Å². The Morgan fingerprint density at radius 2 is 2.06 bits per heavy atom. The van der Waals surface area contributed by atoms with Gasteiger partial charge in [-0.1, -0.05) is 0 Å². The molecule has 0 saturated heterocycles. The summed E-state index contributed by atoms with van der Waals surface area (Å²) >= 11 is 0. The van der Waals surface area contributed by atoms with Crippen molar-refractivity contribution in [2.45, 2.75) is 6.92 Å². The summed E-state index contributed by atoms with van der Waals surface area (Å²) in [4.78, 5) is 11.8. The van der Waals surface area contributed by atoms with E-state index in [0.29, 0.717) is 5.69 Å². The van der Waals surface area contributed by atoms with Gasteiger partial charge in [-0.25, -0.2) is 0 Å². The first-order valence-electron chi connectivity index (χ1n) is 5.28. The van der Waals surface area contributed by atoms with Gasteiger partial charge >= 0.3 is 0 Å². The van der Waals surface area contributed by atoms with Crippen LogP contribution in [0.1, 0.15) is 21.7 Å². The van der Waals surface area contributed by atoms with E-state index in [1.807, 2.05) is 14.0 Å². The molecule has 2 aromatic rings. The normalized spacial score (nSPS) is 11.2. The number of carbonyl (C=O) groups excluding carboxylic acids is 1. The van der Waals surface area contributed by atoms with E-state index < -0.39 is 0 Å². The van der Waals surface area contributed by atoms with Crippen molar-refractivity contribution >= 4 is 11.9 Å². The lowest BCUT2D eigenvalue weighted by Crippen LogP contribution is -2.03. The number of ketones is 1. The first-order chi connectivity index (χ1) is 8.09. The highest BCUT2D eigenvalue weighted by Gasteiger charge is 2.06. The number of rotatable bonds is 3. The van der Waals surface area contributed by atoms with Crippen molar-refractivity contribution < 1.29 is 4.79 Å². The molecule has 0 aliphatic heterocycles. The van der Waals surface area contributed by atoms with Gasteiger partial charge in [-0.15, -0.1) is 0 Å². The van der Waals surface area contributed by atoms with Gasteiger partial charge in [-0.3, -0.25) is 14.2 Å². The molecule has 0 spiro atoms. The molecule has 0 aromatic carbocycles. The number of nitrogens with zero attached hydrogens (tertiary/aromatic N) is 4. The van der Waals surface area contributed by atoms with E-state index in [1.165, 1.54) is 0 Å². The largest absolute Gasteiger partial charge is 0.288 e. The SMILES string of the molecule is Cc1c(/C=C/C(=O)c2ccnn2C)cnn1C. The Balaban J connectivity index is 2.20. The Hall–Kier alpha value is -2.17. The molecule has 0 fully saturated rings. The van der Waals surface area contributed by atoms with Crippen molar-refractivity contribution in [3.8, 4) is 0 Å². The molecule has 0 bridgehead atoms. The fraction of sp³-hybridized carbons (Fsp3) is 0.250. The number of allylic oxidation sites excluding steroid dienone is 1. The van der Waals surface area contributed by atoms with Crippen LogP contribution in [-0.4, -0.2) is 25.3 Å². The molecule has 0 unspecified atom stereocenters. The van der Waals surface area contributed by atoms with Gasteiger partial charge in [0.05, 0.1) is 6.20 Å². The highest BCUT2D eigenvalue weighted by molar-refractivity contribution is 6.05. The van der Waals surface area contributed by atoms with Crippen molar-refractivity contribution in [3.63, 3.8) is 0 Å². The second-order valence-corrected chi connectivity index (χ2v) is 3.85. The molecule has 0 atom stereocenters. The predicted molar refractivity (Wildman–Crippen MR) is 64.5 cm³/mol. The molecule has 0 aliphatic rings. The molecule has 5 heteroatoms. The van der Waals surface area contributed by atoms with E-state index in [9.17, 15) is 4.79 Å². The molecular formula is C12H14N4O. The molecule has 0 radical (unpaired) electrons. The van der Waals surface area contributed by atoms with Crippen LogP contribution < -0.4 is 0 Å². The second kappa shape index (κ2) is 4.37. The molecule has 2 aromatic heterocycles.